The molecule has 0 bridgehead atoms. The zero-order chi connectivity index (χ0) is 19.1. The number of oxazole rings is 1. The van der Waals surface area contributed by atoms with Gasteiger partial charge in [-0.05, 0) is 32.9 Å². The highest BCUT2D eigenvalue weighted by Gasteiger charge is 2.22. The Kier molecular flexibility index (Phi) is 6.60. The van der Waals surface area contributed by atoms with Crippen LogP contribution in [-0.4, -0.2) is 41.6 Å². The number of para-hydroxylation sites is 2. The van der Waals surface area contributed by atoms with E-state index in [0.29, 0.717) is 18.0 Å². The number of benzene rings is 1. The molecule has 2 amide bonds. The molecule has 0 aliphatic carbocycles. The summed E-state index contributed by atoms with van der Waals surface area (Å²) in [5.74, 6) is 0.245. The van der Waals surface area contributed by atoms with Gasteiger partial charge in [-0.15, -0.1) is 0 Å². The van der Waals surface area contributed by atoms with Crippen molar-refractivity contribution in [1.82, 2.24) is 9.88 Å². The smallest absolute Gasteiger partial charge is 0.360 e. The minimum Gasteiger partial charge on any atom is -0.492 e. The standard InChI is InChI=1S/C18H23N3O5/c1-5-25-15-9-7-6-8-13(15)20-18(23)21(12(2)3)10-16-19-14(11-26-16)17(22)24-4/h6-9,11-12H,5,10H2,1-4H3,(H,20,23). The maximum atomic E-state index is 12.7. The Balaban J connectivity index is 2.13. The Morgan fingerprint density at radius 1 is 1.31 bits per heavy atom. The van der Waals surface area contributed by atoms with E-state index < -0.39 is 5.97 Å². The highest BCUT2D eigenvalue weighted by Crippen LogP contribution is 2.24. The molecule has 0 aliphatic heterocycles. The molecule has 0 spiro atoms. The third-order valence-corrected chi connectivity index (χ3v) is 3.56. The summed E-state index contributed by atoms with van der Waals surface area (Å²) >= 11 is 0. The first-order valence-corrected chi connectivity index (χ1v) is 8.28. The number of carbonyl (C=O) groups is 2. The quantitative estimate of drug-likeness (QED) is 0.761. The summed E-state index contributed by atoms with van der Waals surface area (Å²) in [4.78, 5) is 29.8. The van der Waals surface area contributed by atoms with Crippen LogP contribution in [0.25, 0.3) is 0 Å². The van der Waals surface area contributed by atoms with Crippen LogP contribution in [0.4, 0.5) is 10.5 Å². The molecule has 8 heteroatoms. The summed E-state index contributed by atoms with van der Waals surface area (Å²) in [7, 11) is 1.26. The molecule has 0 aliphatic rings. The molecule has 0 unspecified atom stereocenters. The van der Waals surface area contributed by atoms with E-state index in [1.54, 1.807) is 12.1 Å². The number of anilines is 1. The van der Waals surface area contributed by atoms with Crippen LogP contribution in [0, 0.1) is 0 Å². The fraction of sp³-hybridized carbons (Fsp3) is 0.389. The molecule has 1 aromatic heterocycles. The summed E-state index contributed by atoms with van der Waals surface area (Å²) < 4.78 is 15.4. The van der Waals surface area contributed by atoms with E-state index in [9.17, 15) is 9.59 Å². The van der Waals surface area contributed by atoms with Crippen molar-refractivity contribution in [2.75, 3.05) is 19.0 Å². The molecule has 0 saturated heterocycles. The molecule has 0 atom stereocenters. The van der Waals surface area contributed by atoms with E-state index >= 15 is 0 Å². The fourth-order valence-corrected chi connectivity index (χ4v) is 2.25. The van der Waals surface area contributed by atoms with Gasteiger partial charge in [0, 0.05) is 6.04 Å². The van der Waals surface area contributed by atoms with Crippen LogP contribution in [0.15, 0.2) is 34.9 Å². The number of carbonyl (C=O) groups excluding carboxylic acids is 2. The van der Waals surface area contributed by atoms with Gasteiger partial charge < -0.3 is 24.1 Å². The molecular formula is C18H23N3O5. The van der Waals surface area contributed by atoms with E-state index in [0.717, 1.165) is 0 Å². The Hall–Kier alpha value is -3.03. The van der Waals surface area contributed by atoms with Crippen LogP contribution in [-0.2, 0) is 11.3 Å². The van der Waals surface area contributed by atoms with Crippen LogP contribution in [0.1, 0.15) is 37.2 Å². The van der Waals surface area contributed by atoms with Gasteiger partial charge in [-0.2, -0.15) is 0 Å². The summed E-state index contributed by atoms with van der Waals surface area (Å²) in [6, 6.07) is 6.75. The van der Waals surface area contributed by atoms with Gasteiger partial charge in [-0.25, -0.2) is 14.6 Å². The van der Waals surface area contributed by atoms with Crippen molar-refractivity contribution < 1.29 is 23.5 Å². The summed E-state index contributed by atoms with van der Waals surface area (Å²) in [6.45, 7) is 6.22. The van der Waals surface area contributed by atoms with Gasteiger partial charge in [0.05, 0.1) is 25.9 Å². The molecule has 2 aromatic rings. The zero-order valence-corrected chi connectivity index (χ0v) is 15.3. The zero-order valence-electron chi connectivity index (χ0n) is 15.3. The first-order chi connectivity index (χ1) is 12.5. The number of esters is 1. The second-order valence-electron chi connectivity index (χ2n) is 5.70. The first-order valence-electron chi connectivity index (χ1n) is 8.28. The SMILES string of the molecule is CCOc1ccccc1NC(=O)N(Cc1nc(C(=O)OC)co1)C(C)C. The average Bonchev–Trinajstić information content (AvgIpc) is 3.09. The van der Waals surface area contributed by atoms with Gasteiger partial charge in [0.1, 0.15) is 12.0 Å². The van der Waals surface area contributed by atoms with Crippen molar-refractivity contribution in [3.8, 4) is 5.75 Å². The van der Waals surface area contributed by atoms with Gasteiger partial charge in [-0.1, -0.05) is 12.1 Å². The predicted octanol–water partition coefficient (Wildman–Crippen LogP) is 3.30. The maximum Gasteiger partial charge on any atom is 0.360 e. The number of methoxy groups -OCH3 is 1. The average molecular weight is 361 g/mol. The Labute approximate surface area is 152 Å². The summed E-state index contributed by atoms with van der Waals surface area (Å²) in [5.41, 5.74) is 0.640. The summed E-state index contributed by atoms with van der Waals surface area (Å²) in [6.07, 6.45) is 1.21. The molecule has 26 heavy (non-hydrogen) atoms. The van der Waals surface area contributed by atoms with E-state index in [1.807, 2.05) is 32.9 Å². The number of nitrogens with zero attached hydrogens (tertiary/aromatic N) is 2. The Morgan fingerprint density at radius 2 is 2.04 bits per heavy atom. The number of ether oxygens (including phenoxy) is 2. The van der Waals surface area contributed by atoms with Crippen molar-refractivity contribution >= 4 is 17.7 Å². The first kappa shape index (κ1) is 19.3. The maximum absolute atomic E-state index is 12.7. The topological polar surface area (TPSA) is 93.9 Å². The van der Waals surface area contributed by atoms with Crippen LogP contribution >= 0.6 is 0 Å². The monoisotopic (exact) mass is 361 g/mol. The highest BCUT2D eigenvalue weighted by molar-refractivity contribution is 5.91. The van der Waals surface area contributed by atoms with Crippen molar-refractivity contribution in [1.29, 1.82) is 0 Å². The van der Waals surface area contributed by atoms with Gasteiger partial charge >= 0.3 is 12.0 Å². The van der Waals surface area contributed by atoms with Gasteiger partial charge in [0.25, 0.3) is 0 Å². The van der Waals surface area contributed by atoms with E-state index in [1.165, 1.54) is 18.3 Å². The van der Waals surface area contributed by atoms with Gasteiger partial charge in [-0.3, -0.25) is 0 Å². The number of hydrogen-bond donors (Lipinski definition) is 1. The van der Waals surface area contributed by atoms with Crippen molar-refractivity contribution in [3.63, 3.8) is 0 Å². The minimum atomic E-state index is -0.591. The lowest BCUT2D eigenvalue weighted by molar-refractivity contribution is 0.0594. The lowest BCUT2D eigenvalue weighted by atomic mass is 10.3. The molecule has 0 fully saturated rings. The van der Waals surface area contributed by atoms with Crippen molar-refractivity contribution in [3.05, 3.63) is 42.1 Å². The lowest BCUT2D eigenvalue weighted by Crippen LogP contribution is -2.39. The van der Waals surface area contributed by atoms with E-state index in [4.69, 9.17) is 9.15 Å². The third kappa shape index (κ3) is 4.75. The second kappa shape index (κ2) is 8.89. The van der Waals surface area contributed by atoms with Gasteiger partial charge in [0.2, 0.25) is 5.89 Å². The van der Waals surface area contributed by atoms with Crippen LogP contribution < -0.4 is 10.1 Å². The lowest BCUT2D eigenvalue weighted by Gasteiger charge is -2.26. The Morgan fingerprint density at radius 3 is 2.69 bits per heavy atom. The Bertz CT molecular complexity index is 757. The predicted molar refractivity (Wildman–Crippen MR) is 95.2 cm³/mol. The number of hydrogen-bond acceptors (Lipinski definition) is 6. The third-order valence-electron chi connectivity index (χ3n) is 3.56. The van der Waals surface area contributed by atoms with E-state index in [-0.39, 0.29) is 30.2 Å². The molecule has 140 valence electrons. The number of urea groups is 1. The molecule has 2 rings (SSSR count). The molecule has 1 heterocycles. The molecule has 0 radical (unpaired) electrons. The fourth-order valence-electron chi connectivity index (χ4n) is 2.25. The highest BCUT2D eigenvalue weighted by atomic mass is 16.5. The normalized spacial score (nSPS) is 10.5. The molecular weight excluding hydrogens is 338 g/mol. The minimum absolute atomic E-state index is 0.0632. The largest absolute Gasteiger partial charge is 0.492 e. The van der Waals surface area contributed by atoms with Crippen molar-refractivity contribution in [2.45, 2.75) is 33.4 Å². The summed E-state index contributed by atoms with van der Waals surface area (Å²) in [5, 5.41) is 2.84. The second-order valence-corrected chi connectivity index (χ2v) is 5.70. The number of aromatic nitrogens is 1. The van der Waals surface area contributed by atoms with Crippen LogP contribution in [0.3, 0.4) is 0 Å². The van der Waals surface area contributed by atoms with E-state index in [2.05, 4.69) is 15.0 Å². The number of amides is 2. The van der Waals surface area contributed by atoms with Crippen molar-refractivity contribution in [2.24, 2.45) is 0 Å². The molecule has 8 nitrogen and oxygen atoms in total. The number of nitrogens with one attached hydrogen (secondary N) is 1. The van der Waals surface area contributed by atoms with Crippen LogP contribution in [0.2, 0.25) is 0 Å². The number of rotatable bonds is 7. The van der Waals surface area contributed by atoms with Crippen LogP contribution in [0.5, 0.6) is 5.75 Å². The molecule has 1 aromatic carbocycles. The van der Waals surface area contributed by atoms with Gasteiger partial charge in [0.15, 0.2) is 5.69 Å². The molecule has 0 saturated carbocycles. The molecule has 1 N–H and O–H groups in total.